The van der Waals surface area contributed by atoms with E-state index in [4.69, 9.17) is 5.11 Å². The molecule has 0 saturated carbocycles. The zero-order chi connectivity index (χ0) is 8.85. The number of carbonyl (C=O) groups excluding carboxylic acids is 1. The quantitative estimate of drug-likeness (QED) is 0.377. The minimum atomic E-state index is -0.555. The van der Waals surface area contributed by atoms with Gasteiger partial charge in [-0.3, -0.25) is 0 Å². The third kappa shape index (κ3) is 5.21. The van der Waals surface area contributed by atoms with Gasteiger partial charge in [0.05, 0.1) is 0 Å². The Morgan fingerprint density at radius 3 is 2.36 bits per heavy atom. The van der Waals surface area contributed by atoms with Crippen LogP contribution in [0.5, 0.6) is 0 Å². The van der Waals surface area contributed by atoms with Gasteiger partial charge in [-0.05, 0) is 26.8 Å². The number of esters is 1. The van der Waals surface area contributed by atoms with Gasteiger partial charge < -0.3 is 9.84 Å². The average molecular weight is 156 g/mol. The molecule has 0 saturated heterocycles. The molecule has 0 rings (SSSR count). The van der Waals surface area contributed by atoms with E-state index in [2.05, 4.69) is 4.74 Å². The molecule has 11 heavy (non-hydrogen) atoms. The number of hydrogen-bond acceptors (Lipinski definition) is 3. The zero-order valence-corrected chi connectivity index (χ0v) is 6.92. The zero-order valence-electron chi connectivity index (χ0n) is 6.92. The van der Waals surface area contributed by atoms with Crippen LogP contribution in [0.25, 0.3) is 0 Å². The van der Waals surface area contributed by atoms with Crippen LogP contribution < -0.4 is 0 Å². The van der Waals surface area contributed by atoms with Crippen LogP contribution >= 0.6 is 0 Å². The Labute approximate surface area is 66.0 Å². The molecule has 0 heterocycles. The average Bonchev–Trinajstić information content (AvgIpc) is 1.85. The largest absolute Gasteiger partial charge is 0.481 e. The molecule has 0 aliphatic heterocycles. The Balaban J connectivity index is 4.00. The van der Waals surface area contributed by atoms with E-state index in [0.717, 1.165) is 5.57 Å². The van der Waals surface area contributed by atoms with Crippen LogP contribution in [-0.4, -0.2) is 11.1 Å². The molecule has 0 unspecified atom stereocenters. The number of carbonyl (C=O) groups is 1. The van der Waals surface area contributed by atoms with Crippen molar-refractivity contribution in [2.45, 2.75) is 20.8 Å². The Morgan fingerprint density at radius 2 is 2.00 bits per heavy atom. The second kappa shape index (κ2) is 4.55. The normalized spacial score (nSPS) is 10.6. The summed E-state index contributed by atoms with van der Waals surface area (Å²) in [6.45, 7) is 5.12. The predicted molar refractivity (Wildman–Crippen MR) is 41.9 cm³/mol. The van der Waals surface area contributed by atoms with Gasteiger partial charge in [-0.1, -0.05) is 5.57 Å². The van der Waals surface area contributed by atoms with Crippen LogP contribution in [0.1, 0.15) is 20.8 Å². The monoisotopic (exact) mass is 156 g/mol. The first-order valence-electron chi connectivity index (χ1n) is 3.28. The molecule has 0 aliphatic rings. The number of aliphatic hydroxyl groups is 1. The van der Waals surface area contributed by atoms with Gasteiger partial charge >= 0.3 is 5.97 Å². The molecule has 0 aliphatic carbocycles. The van der Waals surface area contributed by atoms with Crippen molar-refractivity contribution in [1.29, 1.82) is 0 Å². The summed E-state index contributed by atoms with van der Waals surface area (Å²) < 4.78 is 4.41. The van der Waals surface area contributed by atoms with E-state index in [1.165, 1.54) is 12.2 Å². The molecular weight excluding hydrogens is 144 g/mol. The molecule has 0 fully saturated rings. The maximum atomic E-state index is 10.7. The van der Waals surface area contributed by atoms with Crippen molar-refractivity contribution in [2.24, 2.45) is 0 Å². The molecule has 0 bridgehead atoms. The highest BCUT2D eigenvalue weighted by molar-refractivity contribution is 5.83. The number of hydrogen-bond donors (Lipinski definition) is 1. The third-order valence-corrected chi connectivity index (χ3v) is 0.859. The minimum absolute atomic E-state index is 0.368. The lowest BCUT2D eigenvalue weighted by Crippen LogP contribution is -2.00. The molecule has 0 aromatic carbocycles. The fraction of sp³-hybridized carbons (Fsp3) is 0.375. The Morgan fingerprint density at radius 1 is 1.45 bits per heavy atom. The van der Waals surface area contributed by atoms with E-state index in [0.29, 0.717) is 0 Å². The van der Waals surface area contributed by atoms with E-state index < -0.39 is 5.97 Å². The Bertz CT molecular complexity index is 197. The summed E-state index contributed by atoms with van der Waals surface area (Å²) in [6.07, 6.45) is 2.61. The lowest BCUT2D eigenvalue weighted by Gasteiger charge is -1.97. The summed E-state index contributed by atoms with van der Waals surface area (Å²) in [5, 5.41) is 8.73. The molecule has 0 aromatic rings. The fourth-order valence-electron chi connectivity index (χ4n) is 0.427. The highest BCUT2D eigenvalue weighted by Gasteiger charge is 1.99. The summed E-state index contributed by atoms with van der Waals surface area (Å²) in [7, 11) is 0. The predicted octanol–water partition coefficient (Wildman–Crippen LogP) is 1.92. The molecular formula is C8H12O3. The SMILES string of the molecule is CC=C(O)OC(=O)C=C(C)C. The van der Waals surface area contributed by atoms with Gasteiger partial charge in [0.25, 0.3) is 5.95 Å². The van der Waals surface area contributed by atoms with Gasteiger partial charge in [0.2, 0.25) is 0 Å². The minimum Gasteiger partial charge on any atom is -0.481 e. The van der Waals surface area contributed by atoms with Crippen LogP contribution in [0, 0.1) is 0 Å². The molecule has 0 amide bonds. The molecule has 3 heteroatoms. The number of rotatable bonds is 2. The van der Waals surface area contributed by atoms with Gasteiger partial charge in [0.1, 0.15) is 0 Å². The smallest absolute Gasteiger partial charge is 0.338 e. The lowest BCUT2D eigenvalue weighted by atomic mass is 10.3. The van der Waals surface area contributed by atoms with Gasteiger partial charge in [-0.15, -0.1) is 0 Å². The highest BCUT2D eigenvalue weighted by atomic mass is 16.6. The maximum absolute atomic E-state index is 10.7. The van der Waals surface area contributed by atoms with Gasteiger partial charge in [-0.2, -0.15) is 0 Å². The highest BCUT2D eigenvalue weighted by Crippen LogP contribution is 1.95. The first-order valence-corrected chi connectivity index (χ1v) is 3.28. The topological polar surface area (TPSA) is 46.5 Å². The summed E-state index contributed by atoms with van der Waals surface area (Å²) in [6, 6.07) is 0. The van der Waals surface area contributed by atoms with Crippen molar-refractivity contribution < 1.29 is 14.6 Å². The Hall–Kier alpha value is -1.25. The number of allylic oxidation sites excluding steroid dienone is 2. The van der Waals surface area contributed by atoms with E-state index in [9.17, 15) is 4.79 Å². The molecule has 0 radical (unpaired) electrons. The van der Waals surface area contributed by atoms with Crippen LogP contribution in [0.2, 0.25) is 0 Å². The summed E-state index contributed by atoms with van der Waals surface area (Å²) in [4.78, 5) is 10.7. The van der Waals surface area contributed by atoms with E-state index in [-0.39, 0.29) is 5.95 Å². The summed E-state index contributed by atoms with van der Waals surface area (Å²) in [5.41, 5.74) is 0.832. The van der Waals surface area contributed by atoms with Crippen molar-refractivity contribution in [3.63, 3.8) is 0 Å². The van der Waals surface area contributed by atoms with E-state index in [1.807, 2.05) is 0 Å². The maximum Gasteiger partial charge on any atom is 0.338 e. The van der Waals surface area contributed by atoms with Gasteiger partial charge in [0.15, 0.2) is 0 Å². The second-order valence-corrected chi connectivity index (χ2v) is 2.27. The molecule has 0 aromatic heterocycles. The number of ether oxygens (including phenoxy) is 1. The summed E-state index contributed by atoms with van der Waals surface area (Å²) >= 11 is 0. The molecule has 1 N–H and O–H groups in total. The van der Waals surface area contributed by atoms with Gasteiger partial charge in [-0.25, -0.2) is 4.79 Å². The molecule has 0 atom stereocenters. The van der Waals surface area contributed by atoms with Crippen LogP contribution in [0.3, 0.4) is 0 Å². The van der Waals surface area contributed by atoms with E-state index >= 15 is 0 Å². The van der Waals surface area contributed by atoms with Crippen LogP contribution in [0.15, 0.2) is 23.7 Å². The molecule has 62 valence electrons. The standard InChI is InChI=1S/C8H12O3/c1-4-7(9)11-8(10)5-6(2)3/h4-5,9H,1-3H3. The van der Waals surface area contributed by atoms with Crippen molar-refractivity contribution in [1.82, 2.24) is 0 Å². The third-order valence-electron chi connectivity index (χ3n) is 0.859. The van der Waals surface area contributed by atoms with E-state index in [1.54, 1.807) is 20.8 Å². The van der Waals surface area contributed by atoms with Gasteiger partial charge in [0, 0.05) is 6.08 Å². The fourth-order valence-corrected chi connectivity index (χ4v) is 0.427. The van der Waals surface area contributed by atoms with Crippen molar-refractivity contribution in [3.8, 4) is 0 Å². The number of aliphatic hydroxyl groups excluding tert-OH is 1. The first kappa shape index (κ1) is 9.75. The van der Waals surface area contributed by atoms with Crippen molar-refractivity contribution >= 4 is 5.97 Å². The lowest BCUT2D eigenvalue weighted by molar-refractivity contribution is -0.137. The summed E-state index contributed by atoms with van der Waals surface area (Å²) in [5.74, 6) is -0.923. The molecule has 0 spiro atoms. The Kier molecular flexibility index (Phi) is 4.03. The van der Waals surface area contributed by atoms with Crippen molar-refractivity contribution in [3.05, 3.63) is 23.7 Å². The van der Waals surface area contributed by atoms with Crippen molar-refractivity contribution in [2.75, 3.05) is 0 Å². The molecule has 3 nitrogen and oxygen atoms in total. The first-order chi connectivity index (χ1) is 5.06. The van der Waals surface area contributed by atoms with Crippen LogP contribution in [0.4, 0.5) is 0 Å². The second-order valence-electron chi connectivity index (χ2n) is 2.27. The van der Waals surface area contributed by atoms with Crippen LogP contribution in [-0.2, 0) is 9.53 Å².